The zero-order chi connectivity index (χ0) is 26.7. The van der Waals surface area contributed by atoms with Gasteiger partial charge in [-0.25, -0.2) is 14.4 Å². The van der Waals surface area contributed by atoms with Crippen LogP contribution in [0.25, 0.3) is 10.9 Å². The van der Waals surface area contributed by atoms with E-state index < -0.39 is 5.82 Å². The minimum absolute atomic E-state index is 0.00332. The van der Waals surface area contributed by atoms with Crippen LogP contribution < -0.4 is 15.4 Å². The van der Waals surface area contributed by atoms with Crippen LogP contribution in [0.2, 0.25) is 5.02 Å². The van der Waals surface area contributed by atoms with Crippen molar-refractivity contribution < 1.29 is 19.0 Å². The minimum Gasteiger partial charge on any atom is -0.494 e. The SMILES string of the molecule is COc1cc2ncnc(Nc3ccc(F)c(Cl)c3)c2cc1NC(=O)C=CCN1CCC2(CCC(O)CC2)C1. The summed E-state index contributed by atoms with van der Waals surface area (Å²) in [5, 5.41) is 16.5. The molecule has 1 aliphatic carbocycles. The molecule has 1 aliphatic heterocycles. The molecule has 2 aromatic carbocycles. The number of amides is 1. The Morgan fingerprint density at radius 3 is 2.84 bits per heavy atom. The quantitative estimate of drug-likeness (QED) is 0.350. The second kappa shape index (κ2) is 11.2. The molecule has 0 radical (unpaired) electrons. The lowest BCUT2D eigenvalue weighted by molar-refractivity contribution is -0.111. The topological polar surface area (TPSA) is 99.6 Å². The van der Waals surface area contributed by atoms with Crippen LogP contribution in [0.4, 0.5) is 21.6 Å². The maximum Gasteiger partial charge on any atom is 0.248 e. The van der Waals surface area contributed by atoms with E-state index in [4.69, 9.17) is 16.3 Å². The van der Waals surface area contributed by atoms with E-state index in [1.54, 1.807) is 24.3 Å². The van der Waals surface area contributed by atoms with Crippen LogP contribution >= 0.6 is 11.6 Å². The van der Waals surface area contributed by atoms with Crippen molar-refractivity contribution in [1.29, 1.82) is 0 Å². The lowest BCUT2D eigenvalue weighted by atomic mass is 9.73. The predicted molar refractivity (Wildman–Crippen MR) is 147 cm³/mol. The summed E-state index contributed by atoms with van der Waals surface area (Å²) in [6.45, 7) is 2.73. The number of benzene rings is 2. The van der Waals surface area contributed by atoms with Gasteiger partial charge in [0.15, 0.2) is 0 Å². The molecule has 3 aromatic rings. The zero-order valence-electron chi connectivity index (χ0n) is 21.2. The normalized spacial score (nSPS) is 21.8. The monoisotopic (exact) mass is 539 g/mol. The summed E-state index contributed by atoms with van der Waals surface area (Å²) in [4.78, 5) is 23.8. The highest BCUT2D eigenvalue weighted by Gasteiger charge is 2.40. The zero-order valence-corrected chi connectivity index (χ0v) is 22.0. The number of likely N-dealkylation sites (tertiary alicyclic amines) is 1. The van der Waals surface area contributed by atoms with Crippen molar-refractivity contribution in [2.45, 2.75) is 38.2 Å². The van der Waals surface area contributed by atoms with E-state index in [0.29, 0.717) is 45.8 Å². The highest BCUT2D eigenvalue weighted by molar-refractivity contribution is 6.31. The van der Waals surface area contributed by atoms with Gasteiger partial charge in [0.25, 0.3) is 0 Å². The lowest BCUT2D eigenvalue weighted by Gasteiger charge is -2.35. The van der Waals surface area contributed by atoms with Gasteiger partial charge in [0.2, 0.25) is 5.91 Å². The third-order valence-electron chi connectivity index (χ3n) is 7.56. The van der Waals surface area contributed by atoms with E-state index in [0.717, 1.165) is 45.2 Å². The maximum atomic E-state index is 13.6. The summed E-state index contributed by atoms with van der Waals surface area (Å²) >= 11 is 5.92. The van der Waals surface area contributed by atoms with Crippen LogP contribution in [0, 0.1) is 11.2 Å². The fourth-order valence-electron chi connectivity index (χ4n) is 5.45. The number of hydrogen-bond donors (Lipinski definition) is 3. The van der Waals surface area contributed by atoms with Crippen LogP contribution in [-0.2, 0) is 4.79 Å². The molecule has 2 fully saturated rings. The van der Waals surface area contributed by atoms with E-state index >= 15 is 0 Å². The summed E-state index contributed by atoms with van der Waals surface area (Å²) in [5.74, 6) is 0.166. The van der Waals surface area contributed by atoms with Gasteiger partial charge in [-0.2, -0.15) is 0 Å². The first-order valence-electron chi connectivity index (χ1n) is 12.8. The molecule has 2 aliphatic rings. The van der Waals surface area contributed by atoms with Gasteiger partial charge in [0, 0.05) is 36.3 Å². The molecule has 8 nitrogen and oxygen atoms in total. The molecule has 1 spiro atoms. The number of aliphatic hydroxyl groups is 1. The number of fused-ring (bicyclic) bond motifs is 1. The first-order chi connectivity index (χ1) is 18.3. The molecule has 1 aromatic heterocycles. The van der Waals surface area contributed by atoms with Crippen molar-refractivity contribution in [1.82, 2.24) is 14.9 Å². The van der Waals surface area contributed by atoms with E-state index in [1.807, 2.05) is 6.08 Å². The fourth-order valence-corrected chi connectivity index (χ4v) is 5.63. The number of anilines is 3. The summed E-state index contributed by atoms with van der Waals surface area (Å²) in [5.41, 5.74) is 1.97. The highest BCUT2D eigenvalue weighted by atomic mass is 35.5. The Hall–Kier alpha value is -3.27. The van der Waals surface area contributed by atoms with Gasteiger partial charge in [-0.1, -0.05) is 17.7 Å². The average Bonchev–Trinajstić information content (AvgIpc) is 3.30. The van der Waals surface area contributed by atoms with Gasteiger partial charge in [0.05, 0.1) is 29.4 Å². The van der Waals surface area contributed by atoms with Gasteiger partial charge >= 0.3 is 0 Å². The van der Waals surface area contributed by atoms with Crippen LogP contribution in [0.1, 0.15) is 32.1 Å². The first-order valence-corrected chi connectivity index (χ1v) is 13.1. The second-order valence-corrected chi connectivity index (χ2v) is 10.6. The van der Waals surface area contributed by atoms with Crippen molar-refractivity contribution in [3.8, 4) is 5.75 Å². The van der Waals surface area contributed by atoms with Crippen molar-refractivity contribution in [3.63, 3.8) is 0 Å². The van der Waals surface area contributed by atoms with E-state index in [9.17, 15) is 14.3 Å². The first kappa shape index (κ1) is 26.3. The molecule has 3 N–H and O–H groups in total. The summed E-state index contributed by atoms with van der Waals surface area (Å²) in [6, 6.07) is 7.78. The number of halogens is 2. The van der Waals surface area contributed by atoms with Crippen molar-refractivity contribution >= 4 is 45.6 Å². The number of carbonyl (C=O) groups excluding carboxylic acids is 1. The molecule has 10 heteroatoms. The minimum atomic E-state index is -0.509. The Morgan fingerprint density at radius 1 is 1.26 bits per heavy atom. The smallest absolute Gasteiger partial charge is 0.248 e. The number of ether oxygens (including phenoxy) is 1. The molecule has 0 bridgehead atoms. The Labute approximate surface area is 225 Å². The average molecular weight is 540 g/mol. The summed E-state index contributed by atoms with van der Waals surface area (Å²) < 4.78 is 19.1. The Balaban J connectivity index is 1.27. The number of aromatic nitrogens is 2. The van der Waals surface area contributed by atoms with E-state index in [1.165, 1.54) is 25.6 Å². The van der Waals surface area contributed by atoms with Crippen molar-refractivity contribution in [2.75, 3.05) is 37.4 Å². The third kappa shape index (κ3) is 5.90. The molecule has 38 heavy (non-hydrogen) atoms. The summed E-state index contributed by atoms with van der Waals surface area (Å²) in [6.07, 6.45) is 9.76. The fraction of sp³-hybridized carbons (Fsp3) is 0.393. The predicted octanol–water partition coefficient (Wildman–Crippen LogP) is 5.30. The van der Waals surface area contributed by atoms with Crippen molar-refractivity contribution in [3.05, 3.63) is 59.7 Å². The van der Waals surface area contributed by atoms with Crippen LogP contribution in [0.3, 0.4) is 0 Å². The van der Waals surface area contributed by atoms with Gasteiger partial charge in [-0.3, -0.25) is 9.69 Å². The number of carbonyl (C=O) groups is 1. The van der Waals surface area contributed by atoms with Crippen LogP contribution in [0.15, 0.2) is 48.8 Å². The maximum absolute atomic E-state index is 13.6. The Bertz CT molecular complexity index is 1360. The highest BCUT2D eigenvalue weighted by Crippen LogP contribution is 2.43. The molecule has 0 atom stereocenters. The second-order valence-electron chi connectivity index (χ2n) is 10.2. The molecule has 0 unspecified atom stereocenters. The molecular formula is C28H31ClFN5O3. The van der Waals surface area contributed by atoms with Gasteiger partial charge in [-0.05, 0) is 68.3 Å². The van der Waals surface area contributed by atoms with Gasteiger partial charge in [0.1, 0.15) is 23.7 Å². The summed E-state index contributed by atoms with van der Waals surface area (Å²) in [7, 11) is 1.53. The number of methoxy groups -OCH3 is 1. The number of hydrogen-bond acceptors (Lipinski definition) is 7. The third-order valence-corrected chi connectivity index (χ3v) is 7.85. The van der Waals surface area contributed by atoms with Crippen LogP contribution in [0.5, 0.6) is 5.75 Å². The Kier molecular flexibility index (Phi) is 7.78. The van der Waals surface area contributed by atoms with Gasteiger partial charge in [-0.15, -0.1) is 0 Å². The van der Waals surface area contributed by atoms with E-state index in [2.05, 4.69) is 25.5 Å². The van der Waals surface area contributed by atoms with E-state index in [-0.39, 0.29) is 17.0 Å². The van der Waals surface area contributed by atoms with Crippen LogP contribution in [-0.4, -0.2) is 58.7 Å². The van der Waals surface area contributed by atoms with Gasteiger partial charge < -0.3 is 20.5 Å². The molecule has 200 valence electrons. The number of aliphatic hydroxyl groups excluding tert-OH is 1. The largest absolute Gasteiger partial charge is 0.494 e. The lowest BCUT2D eigenvalue weighted by Crippen LogP contribution is -2.33. The molecule has 1 amide bonds. The molecule has 5 rings (SSSR count). The molecule has 1 saturated heterocycles. The molecular weight excluding hydrogens is 509 g/mol. The number of nitrogens with zero attached hydrogens (tertiary/aromatic N) is 3. The Morgan fingerprint density at radius 2 is 2.08 bits per heavy atom. The number of nitrogens with one attached hydrogen (secondary N) is 2. The standard InChI is InChI=1S/C28H31ClFN5O3/c1-38-25-15-23-20(27(32-17-31-23)33-18-4-5-22(30)21(29)13-18)14-24(25)34-26(37)3-2-11-35-12-10-28(16-35)8-6-19(36)7-9-28/h2-5,13-15,17,19,36H,6-12,16H2,1H3,(H,34,37)(H,31,32,33). The van der Waals surface area contributed by atoms with Crippen molar-refractivity contribution in [2.24, 2.45) is 5.41 Å². The molecule has 1 saturated carbocycles. The molecule has 2 heterocycles. The number of rotatable bonds is 7.